The molecule has 5 nitrogen and oxygen atoms in total. The molecular formula is C24H20BrN3O2S. The van der Waals surface area contributed by atoms with Crippen LogP contribution in [0.15, 0.2) is 69.6 Å². The molecule has 156 valence electrons. The Morgan fingerprint density at radius 2 is 1.97 bits per heavy atom. The molecule has 0 saturated heterocycles. The minimum Gasteiger partial charge on any atom is -0.494 e. The normalized spacial score (nSPS) is 11.2. The average molecular weight is 494 g/mol. The van der Waals surface area contributed by atoms with Gasteiger partial charge in [-0.15, -0.1) is 11.3 Å². The molecule has 0 aliphatic heterocycles. The first-order valence-electron chi connectivity index (χ1n) is 9.77. The van der Waals surface area contributed by atoms with Gasteiger partial charge in [-0.2, -0.15) is 5.10 Å². The number of carbonyl (C=O) groups excluding carboxylic acids is 1. The Balaban J connectivity index is 1.69. The van der Waals surface area contributed by atoms with Crippen LogP contribution >= 0.6 is 27.3 Å². The minimum absolute atomic E-state index is 0.281. The van der Waals surface area contributed by atoms with Gasteiger partial charge in [-0.05, 0) is 84.4 Å². The van der Waals surface area contributed by atoms with Crippen LogP contribution in [0.3, 0.4) is 0 Å². The molecule has 0 radical (unpaired) electrons. The Morgan fingerprint density at radius 1 is 1.16 bits per heavy atom. The van der Waals surface area contributed by atoms with Crippen LogP contribution in [0, 0.1) is 6.92 Å². The number of pyridine rings is 1. The van der Waals surface area contributed by atoms with Crippen molar-refractivity contribution in [1.29, 1.82) is 0 Å². The summed E-state index contributed by atoms with van der Waals surface area (Å²) in [6.45, 7) is 4.56. The van der Waals surface area contributed by atoms with Crippen molar-refractivity contribution in [2.45, 2.75) is 13.8 Å². The number of nitrogens with zero attached hydrogens (tertiary/aromatic N) is 2. The topological polar surface area (TPSA) is 63.6 Å². The monoisotopic (exact) mass is 493 g/mol. The second-order valence-electron chi connectivity index (χ2n) is 6.87. The molecule has 0 bridgehead atoms. The van der Waals surface area contributed by atoms with Crippen molar-refractivity contribution >= 4 is 50.3 Å². The molecule has 1 N–H and O–H groups in total. The van der Waals surface area contributed by atoms with Crippen molar-refractivity contribution in [1.82, 2.24) is 10.4 Å². The molecule has 4 rings (SSSR count). The number of hydrogen-bond acceptors (Lipinski definition) is 5. The first-order valence-corrected chi connectivity index (χ1v) is 11.4. The van der Waals surface area contributed by atoms with E-state index in [-0.39, 0.29) is 5.91 Å². The predicted octanol–water partition coefficient (Wildman–Crippen LogP) is 6.20. The number of fused-ring (bicyclic) bond motifs is 1. The summed E-state index contributed by atoms with van der Waals surface area (Å²) < 4.78 is 6.53. The molecule has 0 aliphatic carbocycles. The number of benzene rings is 2. The van der Waals surface area contributed by atoms with Gasteiger partial charge in [0.1, 0.15) is 5.75 Å². The maximum absolute atomic E-state index is 13.0. The van der Waals surface area contributed by atoms with E-state index in [1.807, 2.05) is 74.5 Å². The molecule has 1 amide bonds. The molecular weight excluding hydrogens is 474 g/mol. The van der Waals surface area contributed by atoms with E-state index in [1.54, 1.807) is 6.21 Å². The van der Waals surface area contributed by atoms with E-state index in [0.717, 1.165) is 42.1 Å². The lowest BCUT2D eigenvalue weighted by molar-refractivity contribution is 0.0956. The summed E-state index contributed by atoms with van der Waals surface area (Å²) in [5, 5.41) is 4.92. The van der Waals surface area contributed by atoms with Gasteiger partial charge in [0.25, 0.3) is 5.91 Å². The predicted molar refractivity (Wildman–Crippen MR) is 130 cm³/mol. The third-order valence-electron chi connectivity index (χ3n) is 4.62. The Bertz CT molecular complexity index is 1270. The second kappa shape index (κ2) is 9.41. The molecule has 2 aromatic carbocycles. The maximum atomic E-state index is 13.0. The number of amides is 1. The van der Waals surface area contributed by atoms with E-state index in [1.165, 1.54) is 11.3 Å². The van der Waals surface area contributed by atoms with E-state index >= 15 is 0 Å². The highest BCUT2D eigenvalue weighted by Gasteiger charge is 2.14. The van der Waals surface area contributed by atoms with E-state index < -0.39 is 0 Å². The van der Waals surface area contributed by atoms with Gasteiger partial charge in [0.05, 0.1) is 33.4 Å². The van der Waals surface area contributed by atoms with E-state index in [2.05, 4.69) is 26.5 Å². The van der Waals surface area contributed by atoms with Crippen LogP contribution in [0.5, 0.6) is 5.75 Å². The lowest BCUT2D eigenvalue weighted by atomic mass is 10.0. The number of carbonyl (C=O) groups is 1. The zero-order valence-electron chi connectivity index (χ0n) is 17.1. The van der Waals surface area contributed by atoms with E-state index in [4.69, 9.17) is 9.72 Å². The summed E-state index contributed by atoms with van der Waals surface area (Å²) in [6.07, 6.45) is 1.63. The van der Waals surface area contributed by atoms with Crippen LogP contribution in [-0.4, -0.2) is 23.7 Å². The van der Waals surface area contributed by atoms with Gasteiger partial charge in [0, 0.05) is 15.8 Å². The SMILES string of the molecule is CCOc1ccc(-c2cc(C(=O)N/N=C/c3ccc(Br)s3)c3cc(C)ccc3n2)cc1. The molecule has 31 heavy (non-hydrogen) atoms. The highest BCUT2D eigenvalue weighted by molar-refractivity contribution is 9.11. The Kier molecular flexibility index (Phi) is 6.44. The van der Waals surface area contributed by atoms with Crippen molar-refractivity contribution in [3.8, 4) is 17.0 Å². The van der Waals surface area contributed by atoms with Crippen LogP contribution in [0.4, 0.5) is 0 Å². The van der Waals surface area contributed by atoms with Gasteiger partial charge in [-0.3, -0.25) is 4.79 Å². The third kappa shape index (κ3) is 5.00. The third-order valence-corrected chi connectivity index (χ3v) is 6.18. The number of ether oxygens (including phenoxy) is 1. The molecule has 2 heterocycles. The van der Waals surface area contributed by atoms with Crippen molar-refractivity contribution in [2.75, 3.05) is 6.61 Å². The van der Waals surface area contributed by atoms with Crippen LogP contribution in [0.25, 0.3) is 22.2 Å². The van der Waals surface area contributed by atoms with Gasteiger partial charge < -0.3 is 4.74 Å². The van der Waals surface area contributed by atoms with Crippen molar-refractivity contribution < 1.29 is 9.53 Å². The summed E-state index contributed by atoms with van der Waals surface area (Å²) in [4.78, 5) is 18.7. The number of halogens is 1. The molecule has 0 atom stereocenters. The number of thiophene rings is 1. The molecule has 0 spiro atoms. The van der Waals surface area contributed by atoms with Gasteiger partial charge >= 0.3 is 0 Å². The fourth-order valence-electron chi connectivity index (χ4n) is 3.18. The number of hydrazone groups is 1. The number of aryl methyl sites for hydroxylation is 1. The Morgan fingerprint density at radius 3 is 2.68 bits per heavy atom. The molecule has 2 aromatic heterocycles. The summed E-state index contributed by atoms with van der Waals surface area (Å²) in [6, 6.07) is 19.3. The summed E-state index contributed by atoms with van der Waals surface area (Å²) in [5.74, 6) is 0.521. The lowest BCUT2D eigenvalue weighted by Crippen LogP contribution is -2.18. The quantitative estimate of drug-likeness (QED) is 0.257. The summed E-state index contributed by atoms with van der Waals surface area (Å²) >= 11 is 4.96. The van der Waals surface area contributed by atoms with Crippen molar-refractivity contribution in [2.24, 2.45) is 5.10 Å². The Labute approximate surface area is 192 Å². The van der Waals surface area contributed by atoms with Crippen LogP contribution in [0.1, 0.15) is 27.7 Å². The lowest BCUT2D eigenvalue weighted by Gasteiger charge is -2.10. The molecule has 4 aromatic rings. The fourth-order valence-corrected chi connectivity index (χ4v) is 4.47. The van der Waals surface area contributed by atoms with Crippen molar-refractivity contribution in [3.63, 3.8) is 0 Å². The number of hydrogen-bond donors (Lipinski definition) is 1. The molecule has 0 saturated carbocycles. The molecule has 7 heteroatoms. The van der Waals surface area contributed by atoms with Gasteiger partial charge in [-0.1, -0.05) is 11.6 Å². The van der Waals surface area contributed by atoms with E-state index in [9.17, 15) is 4.79 Å². The van der Waals surface area contributed by atoms with E-state index in [0.29, 0.717) is 12.2 Å². The average Bonchev–Trinajstić information content (AvgIpc) is 3.18. The van der Waals surface area contributed by atoms with Gasteiger partial charge in [0.2, 0.25) is 0 Å². The summed E-state index contributed by atoms with van der Waals surface area (Å²) in [7, 11) is 0. The van der Waals surface area contributed by atoms with Gasteiger partial charge in [-0.25, -0.2) is 10.4 Å². The highest BCUT2D eigenvalue weighted by Crippen LogP contribution is 2.27. The number of nitrogens with one attached hydrogen (secondary N) is 1. The maximum Gasteiger partial charge on any atom is 0.272 e. The summed E-state index contributed by atoms with van der Waals surface area (Å²) in [5.41, 5.74) is 6.62. The number of rotatable bonds is 6. The first kappa shape index (κ1) is 21.2. The van der Waals surface area contributed by atoms with Crippen LogP contribution in [-0.2, 0) is 0 Å². The zero-order chi connectivity index (χ0) is 21.8. The minimum atomic E-state index is -0.281. The highest BCUT2D eigenvalue weighted by atomic mass is 79.9. The molecule has 0 unspecified atom stereocenters. The fraction of sp³-hybridized carbons (Fsp3) is 0.125. The zero-order valence-corrected chi connectivity index (χ0v) is 19.5. The van der Waals surface area contributed by atoms with Crippen molar-refractivity contribution in [3.05, 3.63) is 80.5 Å². The second-order valence-corrected chi connectivity index (χ2v) is 9.37. The Hall–Kier alpha value is -3.03. The largest absolute Gasteiger partial charge is 0.494 e. The van der Waals surface area contributed by atoms with Crippen LogP contribution in [0.2, 0.25) is 0 Å². The molecule has 0 fully saturated rings. The number of aromatic nitrogens is 1. The standard InChI is InChI=1S/C24H20BrN3O2S/c1-3-30-17-7-5-16(6-8-17)22-13-20(19-12-15(2)4-10-21(19)27-22)24(29)28-26-14-18-9-11-23(25)31-18/h4-14H,3H2,1-2H3,(H,28,29)/b26-14+. The first-order chi connectivity index (χ1) is 15.0. The smallest absolute Gasteiger partial charge is 0.272 e. The van der Waals surface area contributed by atoms with Crippen LogP contribution < -0.4 is 10.2 Å². The molecule has 0 aliphatic rings. The van der Waals surface area contributed by atoms with Gasteiger partial charge in [0.15, 0.2) is 0 Å².